The van der Waals surface area contributed by atoms with Gasteiger partial charge < -0.3 is 15.0 Å². The number of hydrogen-bond donors (Lipinski definition) is 1. The van der Waals surface area contributed by atoms with Crippen LogP contribution in [0.2, 0.25) is 0 Å². The minimum Gasteiger partial charge on any atom is -0.497 e. The Morgan fingerprint density at radius 2 is 2.08 bits per heavy atom. The summed E-state index contributed by atoms with van der Waals surface area (Å²) >= 11 is 0. The van der Waals surface area contributed by atoms with Crippen molar-refractivity contribution >= 4 is 15.8 Å². The fourth-order valence-corrected chi connectivity index (χ4v) is 4.63. The van der Waals surface area contributed by atoms with E-state index in [1.165, 1.54) is 0 Å². The van der Waals surface area contributed by atoms with Crippen LogP contribution in [-0.4, -0.2) is 58.0 Å². The number of benzene rings is 1. The fourth-order valence-electron chi connectivity index (χ4n) is 2.78. The molecule has 0 bridgehead atoms. The van der Waals surface area contributed by atoms with E-state index in [0.717, 1.165) is 30.4 Å². The molecule has 1 aliphatic heterocycles. The average Bonchev–Trinajstić information content (AvgIpc) is 2.91. The summed E-state index contributed by atoms with van der Waals surface area (Å²) in [4.78, 5) is 6.68. The molecule has 1 unspecified atom stereocenters. The standard InChI is InChI=1S/C17H27N3O3S/c1-4-18-17(19-11-15-9-10-24(21,22)13-15)20(2)12-14-5-7-16(23-3)8-6-14/h5-8,15H,4,9-13H2,1-3H3,(H,18,19). The minimum absolute atomic E-state index is 0.137. The highest BCUT2D eigenvalue weighted by atomic mass is 32.2. The number of hydrogen-bond acceptors (Lipinski definition) is 4. The number of guanidine groups is 1. The molecule has 1 N–H and O–H groups in total. The van der Waals surface area contributed by atoms with E-state index in [1.807, 2.05) is 38.2 Å². The Labute approximate surface area is 144 Å². The van der Waals surface area contributed by atoms with Crippen LogP contribution in [0.25, 0.3) is 0 Å². The monoisotopic (exact) mass is 353 g/mol. The molecule has 1 aromatic rings. The quantitative estimate of drug-likeness (QED) is 0.620. The van der Waals surface area contributed by atoms with Gasteiger partial charge in [0, 0.05) is 26.7 Å². The Kier molecular flexibility index (Phi) is 6.48. The van der Waals surface area contributed by atoms with E-state index in [-0.39, 0.29) is 11.7 Å². The first-order valence-corrected chi connectivity index (χ1v) is 10.1. The first-order valence-electron chi connectivity index (χ1n) is 8.26. The summed E-state index contributed by atoms with van der Waals surface area (Å²) in [7, 11) is 0.790. The van der Waals surface area contributed by atoms with E-state index >= 15 is 0 Å². The second-order valence-corrected chi connectivity index (χ2v) is 8.40. The summed E-state index contributed by atoms with van der Waals surface area (Å²) in [5.74, 6) is 2.34. The molecule has 0 radical (unpaired) electrons. The third-order valence-corrected chi connectivity index (χ3v) is 5.94. The van der Waals surface area contributed by atoms with Crippen molar-refractivity contribution in [3.63, 3.8) is 0 Å². The molecule has 1 aromatic carbocycles. The van der Waals surface area contributed by atoms with Gasteiger partial charge in [-0.2, -0.15) is 0 Å². The number of aliphatic imine (C=N–C) groups is 1. The maximum Gasteiger partial charge on any atom is 0.193 e. The molecule has 0 aromatic heterocycles. The van der Waals surface area contributed by atoms with Crippen LogP contribution in [-0.2, 0) is 16.4 Å². The smallest absolute Gasteiger partial charge is 0.193 e. The number of ether oxygens (including phenoxy) is 1. The summed E-state index contributed by atoms with van der Waals surface area (Å²) in [5.41, 5.74) is 1.16. The molecule has 0 spiro atoms. The Morgan fingerprint density at radius 3 is 2.62 bits per heavy atom. The van der Waals surface area contributed by atoms with Gasteiger partial charge >= 0.3 is 0 Å². The summed E-state index contributed by atoms with van der Waals surface area (Å²) in [5, 5.41) is 3.27. The largest absolute Gasteiger partial charge is 0.497 e. The van der Waals surface area contributed by atoms with Gasteiger partial charge in [0.25, 0.3) is 0 Å². The van der Waals surface area contributed by atoms with Gasteiger partial charge in [0.1, 0.15) is 5.75 Å². The van der Waals surface area contributed by atoms with Crippen molar-refractivity contribution < 1.29 is 13.2 Å². The Hall–Kier alpha value is -1.76. The van der Waals surface area contributed by atoms with Crippen LogP contribution in [0, 0.1) is 5.92 Å². The zero-order chi connectivity index (χ0) is 17.6. The molecule has 134 valence electrons. The van der Waals surface area contributed by atoms with Crippen molar-refractivity contribution in [3.8, 4) is 5.75 Å². The van der Waals surface area contributed by atoms with Gasteiger partial charge in [-0.05, 0) is 37.0 Å². The minimum atomic E-state index is -2.85. The van der Waals surface area contributed by atoms with Gasteiger partial charge in [-0.3, -0.25) is 4.99 Å². The van der Waals surface area contributed by atoms with Crippen LogP contribution in [0.3, 0.4) is 0 Å². The van der Waals surface area contributed by atoms with E-state index in [0.29, 0.717) is 18.7 Å². The van der Waals surface area contributed by atoms with Crippen molar-refractivity contribution in [1.82, 2.24) is 10.2 Å². The molecule has 1 fully saturated rings. The predicted octanol–water partition coefficient (Wildman–Crippen LogP) is 1.53. The lowest BCUT2D eigenvalue weighted by Gasteiger charge is -2.22. The summed E-state index contributed by atoms with van der Waals surface area (Å²) in [6, 6.07) is 7.94. The molecular weight excluding hydrogens is 326 g/mol. The maximum absolute atomic E-state index is 11.6. The summed E-state index contributed by atoms with van der Waals surface area (Å²) in [6.07, 6.45) is 0.716. The van der Waals surface area contributed by atoms with E-state index in [9.17, 15) is 8.42 Å². The lowest BCUT2D eigenvalue weighted by Crippen LogP contribution is -2.38. The second-order valence-electron chi connectivity index (χ2n) is 6.17. The van der Waals surface area contributed by atoms with Crippen molar-refractivity contribution in [1.29, 1.82) is 0 Å². The highest BCUT2D eigenvalue weighted by molar-refractivity contribution is 7.91. The van der Waals surface area contributed by atoms with Crippen molar-refractivity contribution in [2.75, 3.05) is 38.8 Å². The lowest BCUT2D eigenvalue weighted by molar-refractivity contribution is 0.414. The predicted molar refractivity (Wildman–Crippen MR) is 97.2 cm³/mol. The molecule has 1 aliphatic rings. The molecule has 6 nitrogen and oxygen atoms in total. The first kappa shape index (κ1) is 18.6. The zero-order valence-corrected chi connectivity index (χ0v) is 15.5. The van der Waals surface area contributed by atoms with Crippen LogP contribution < -0.4 is 10.1 Å². The maximum atomic E-state index is 11.6. The van der Waals surface area contributed by atoms with Crippen LogP contribution in [0.15, 0.2) is 29.3 Å². The number of methoxy groups -OCH3 is 1. The van der Waals surface area contributed by atoms with E-state index < -0.39 is 9.84 Å². The summed E-state index contributed by atoms with van der Waals surface area (Å²) in [6.45, 7) is 4.07. The number of rotatable bonds is 6. The molecule has 2 rings (SSSR count). The lowest BCUT2D eigenvalue weighted by atomic mass is 10.1. The fraction of sp³-hybridized carbons (Fsp3) is 0.588. The van der Waals surface area contributed by atoms with Gasteiger partial charge in [0.15, 0.2) is 15.8 Å². The van der Waals surface area contributed by atoms with Gasteiger partial charge in [-0.1, -0.05) is 12.1 Å². The van der Waals surface area contributed by atoms with Crippen LogP contribution >= 0.6 is 0 Å². The van der Waals surface area contributed by atoms with E-state index in [1.54, 1.807) is 7.11 Å². The van der Waals surface area contributed by atoms with Crippen molar-refractivity contribution in [2.24, 2.45) is 10.9 Å². The third kappa shape index (κ3) is 5.40. The van der Waals surface area contributed by atoms with Crippen LogP contribution in [0.5, 0.6) is 5.75 Å². The molecular formula is C17H27N3O3S. The molecule has 1 atom stereocenters. The first-order chi connectivity index (χ1) is 11.4. The van der Waals surface area contributed by atoms with Gasteiger partial charge in [-0.15, -0.1) is 0 Å². The number of nitrogens with one attached hydrogen (secondary N) is 1. The Morgan fingerprint density at radius 1 is 1.38 bits per heavy atom. The average molecular weight is 353 g/mol. The molecule has 1 saturated heterocycles. The van der Waals surface area contributed by atoms with Crippen LogP contribution in [0.4, 0.5) is 0 Å². The van der Waals surface area contributed by atoms with Gasteiger partial charge in [0.2, 0.25) is 0 Å². The van der Waals surface area contributed by atoms with E-state index in [2.05, 4.69) is 15.2 Å². The molecule has 1 heterocycles. The normalized spacial score (nSPS) is 20.0. The Balaban J connectivity index is 1.98. The third-order valence-electron chi connectivity index (χ3n) is 4.10. The molecule has 0 saturated carbocycles. The summed E-state index contributed by atoms with van der Waals surface area (Å²) < 4.78 is 28.3. The molecule has 7 heteroatoms. The molecule has 0 amide bonds. The Bertz CT molecular complexity index is 656. The number of nitrogens with zero attached hydrogens (tertiary/aromatic N) is 2. The SMILES string of the molecule is CCNC(=NCC1CCS(=O)(=O)C1)N(C)Cc1ccc(OC)cc1. The highest BCUT2D eigenvalue weighted by Crippen LogP contribution is 2.18. The second kappa shape index (κ2) is 8.37. The molecule has 24 heavy (non-hydrogen) atoms. The van der Waals surface area contributed by atoms with Gasteiger partial charge in [-0.25, -0.2) is 8.42 Å². The van der Waals surface area contributed by atoms with Crippen molar-refractivity contribution in [3.05, 3.63) is 29.8 Å². The van der Waals surface area contributed by atoms with Gasteiger partial charge in [0.05, 0.1) is 18.6 Å². The van der Waals surface area contributed by atoms with Crippen LogP contribution in [0.1, 0.15) is 18.9 Å². The number of sulfone groups is 1. The highest BCUT2D eigenvalue weighted by Gasteiger charge is 2.27. The topological polar surface area (TPSA) is 71.0 Å². The van der Waals surface area contributed by atoms with Crippen molar-refractivity contribution in [2.45, 2.75) is 19.9 Å². The van der Waals surface area contributed by atoms with E-state index in [4.69, 9.17) is 4.74 Å². The zero-order valence-electron chi connectivity index (χ0n) is 14.7. The molecule has 0 aliphatic carbocycles.